The lowest BCUT2D eigenvalue weighted by Gasteiger charge is -2.07. The molecule has 0 amide bonds. The van der Waals surface area contributed by atoms with E-state index in [4.69, 9.17) is 5.11 Å². The van der Waals surface area contributed by atoms with E-state index < -0.39 is 5.97 Å². The first-order valence-corrected chi connectivity index (χ1v) is 7.66. The lowest BCUT2D eigenvalue weighted by molar-refractivity contribution is 0.0696. The van der Waals surface area contributed by atoms with E-state index in [9.17, 15) is 4.79 Å². The molecule has 0 bridgehead atoms. The van der Waals surface area contributed by atoms with Crippen molar-refractivity contribution in [2.45, 2.75) is 24.7 Å². The van der Waals surface area contributed by atoms with Gasteiger partial charge in [0.2, 0.25) is 0 Å². The molecular weight excluding hydrogens is 268 g/mol. The lowest BCUT2D eigenvalue weighted by atomic mass is 10.1. The Hall–Kier alpha value is -1.74. The summed E-state index contributed by atoms with van der Waals surface area (Å²) in [5.41, 5.74) is 2.85. The number of aryl methyl sites for hydroxylation is 2. The third kappa shape index (κ3) is 4.14. The fraction of sp³-hybridized carbons (Fsp3) is 0.235. The SMILES string of the molecule is Cc1ccc(C(=O)O)cc1SCCCc1ccccc1. The molecule has 2 nitrogen and oxygen atoms in total. The summed E-state index contributed by atoms with van der Waals surface area (Å²) in [6.07, 6.45) is 2.15. The van der Waals surface area contributed by atoms with Crippen LogP contribution in [0.2, 0.25) is 0 Å². The molecule has 1 N–H and O–H groups in total. The monoisotopic (exact) mass is 286 g/mol. The van der Waals surface area contributed by atoms with E-state index in [0.29, 0.717) is 5.56 Å². The van der Waals surface area contributed by atoms with Crippen LogP contribution in [0.25, 0.3) is 0 Å². The smallest absolute Gasteiger partial charge is 0.335 e. The molecule has 0 fully saturated rings. The van der Waals surface area contributed by atoms with Crippen LogP contribution in [-0.4, -0.2) is 16.8 Å². The van der Waals surface area contributed by atoms with Crippen LogP contribution in [0.5, 0.6) is 0 Å². The van der Waals surface area contributed by atoms with Gasteiger partial charge in [-0.15, -0.1) is 11.8 Å². The van der Waals surface area contributed by atoms with Gasteiger partial charge in [0.1, 0.15) is 0 Å². The van der Waals surface area contributed by atoms with Crippen molar-refractivity contribution in [2.75, 3.05) is 5.75 Å². The molecule has 20 heavy (non-hydrogen) atoms. The van der Waals surface area contributed by atoms with Gasteiger partial charge in [-0.25, -0.2) is 4.79 Å². The molecule has 0 spiro atoms. The van der Waals surface area contributed by atoms with Gasteiger partial charge in [-0.2, -0.15) is 0 Å². The van der Waals surface area contributed by atoms with Crippen molar-refractivity contribution in [1.29, 1.82) is 0 Å². The van der Waals surface area contributed by atoms with Crippen molar-refractivity contribution < 1.29 is 9.90 Å². The molecule has 0 aromatic heterocycles. The highest BCUT2D eigenvalue weighted by Gasteiger charge is 2.06. The van der Waals surface area contributed by atoms with E-state index in [1.165, 1.54) is 5.56 Å². The van der Waals surface area contributed by atoms with Crippen molar-refractivity contribution in [3.63, 3.8) is 0 Å². The van der Waals surface area contributed by atoms with Crippen LogP contribution in [0.4, 0.5) is 0 Å². The molecule has 104 valence electrons. The summed E-state index contributed by atoms with van der Waals surface area (Å²) < 4.78 is 0. The van der Waals surface area contributed by atoms with Gasteiger partial charge in [-0.1, -0.05) is 36.4 Å². The molecule has 0 saturated carbocycles. The maximum Gasteiger partial charge on any atom is 0.335 e. The third-order valence-electron chi connectivity index (χ3n) is 3.15. The third-order valence-corrected chi connectivity index (χ3v) is 4.39. The molecular formula is C17H18O2S. The molecule has 0 unspecified atom stereocenters. The first-order valence-electron chi connectivity index (χ1n) is 6.67. The lowest BCUT2D eigenvalue weighted by Crippen LogP contribution is -1.97. The zero-order valence-electron chi connectivity index (χ0n) is 11.5. The highest BCUT2D eigenvalue weighted by atomic mass is 32.2. The predicted octanol–water partition coefficient (Wildman–Crippen LogP) is 4.42. The Morgan fingerprint density at radius 2 is 1.90 bits per heavy atom. The maximum atomic E-state index is 11.0. The Balaban J connectivity index is 1.88. The van der Waals surface area contributed by atoms with Crippen LogP contribution >= 0.6 is 11.8 Å². The summed E-state index contributed by atoms with van der Waals surface area (Å²) in [6, 6.07) is 15.7. The van der Waals surface area contributed by atoms with Crippen LogP contribution in [-0.2, 0) is 6.42 Å². The van der Waals surface area contributed by atoms with Crippen molar-refractivity contribution >= 4 is 17.7 Å². The van der Waals surface area contributed by atoms with Crippen molar-refractivity contribution in [3.8, 4) is 0 Å². The van der Waals surface area contributed by atoms with Crippen LogP contribution in [0, 0.1) is 6.92 Å². The molecule has 0 radical (unpaired) electrons. The van der Waals surface area contributed by atoms with E-state index in [0.717, 1.165) is 29.1 Å². The quantitative estimate of drug-likeness (QED) is 0.631. The van der Waals surface area contributed by atoms with Gasteiger partial charge < -0.3 is 5.11 Å². The van der Waals surface area contributed by atoms with Crippen LogP contribution in [0.1, 0.15) is 27.9 Å². The number of carbonyl (C=O) groups is 1. The second kappa shape index (κ2) is 7.15. The second-order valence-corrected chi connectivity index (χ2v) is 5.86. The van der Waals surface area contributed by atoms with Crippen molar-refractivity contribution in [1.82, 2.24) is 0 Å². The van der Waals surface area contributed by atoms with Gasteiger partial charge in [-0.05, 0) is 48.8 Å². The molecule has 0 saturated heterocycles. The average Bonchev–Trinajstić information content (AvgIpc) is 2.46. The molecule has 2 rings (SSSR count). The van der Waals surface area contributed by atoms with Gasteiger partial charge in [0.05, 0.1) is 5.56 Å². The molecule has 2 aromatic carbocycles. The van der Waals surface area contributed by atoms with Gasteiger partial charge in [0, 0.05) is 4.90 Å². The van der Waals surface area contributed by atoms with Crippen molar-refractivity contribution in [2.24, 2.45) is 0 Å². The number of rotatable bonds is 6. The molecule has 0 atom stereocenters. The van der Waals surface area contributed by atoms with Gasteiger partial charge >= 0.3 is 5.97 Å². The Bertz CT molecular complexity index is 579. The van der Waals surface area contributed by atoms with Crippen LogP contribution in [0.15, 0.2) is 53.4 Å². The second-order valence-electron chi connectivity index (χ2n) is 4.72. The zero-order valence-corrected chi connectivity index (χ0v) is 12.3. The first kappa shape index (κ1) is 14.7. The number of carboxylic acids is 1. The minimum atomic E-state index is -0.865. The Kier molecular flexibility index (Phi) is 5.24. The van der Waals surface area contributed by atoms with E-state index >= 15 is 0 Å². The maximum absolute atomic E-state index is 11.0. The number of carboxylic acid groups (broad SMARTS) is 1. The fourth-order valence-electron chi connectivity index (χ4n) is 1.99. The van der Waals surface area contributed by atoms with Gasteiger partial charge in [-0.3, -0.25) is 0 Å². The Morgan fingerprint density at radius 1 is 1.15 bits per heavy atom. The van der Waals surface area contributed by atoms with Gasteiger partial charge in [0.15, 0.2) is 0 Å². The number of thioether (sulfide) groups is 1. The largest absolute Gasteiger partial charge is 0.478 e. The van der Waals surface area contributed by atoms with Gasteiger partial charge in [0.25, 0.3) is 0 Å². The summed E-state index contributed by atoms with van der Waals surface area (Å²) in [5, 5.41) is 9.01. The topological polar surface area (TPSA) is 37.3 Å². The minimum Gasteiger partial charge on any atom is -0.478 e. The number of hydrogen-bond acceptors (Lipinski definition) is 2. The van der Waals surface area contributed by atoms with E-state index in [1.54, 1.807) is 23.9 Å². The Morgan fingerprint density at radius 3 is 2.60 bits per heavy atom. The highest BCUT2D eigenvalue weighted by molar-refractivity contribution is 7.99. The molecule has 0 aliphatic heterocycles. The molecule has 2 aromatic rings. The number of hydrogen-bond donors (Lipinski definition) is 1. The summed E-state index contributed by atoms with van der Waals surface area (Å²) >= 11 is 1.73. The molecule has 0 heterocycles. The number of benzene rings is 2. The van der Waals surface area contributed by atoms with E-state index in [1.807, 2.05) is 19.1 Å². The predicted molar refractivity (Wildman–Crippen MR) is 83.6 cm³/mol. The van der Waals surface area contributed by atoms with E-state index in [2.05, 4.69) is 24.3 Å². The fourth-order valence-corrected chi connectivity index (χ4v) is 3.01. The zero-order chi connectivity index (χ0) is 14.4. The standard InChI is InChI=1S/C17H18O2S/c1-13-9-10-15(17(18)19)12-16(13)20-11-5-8-14-6-3-2-4-7-14/h2-4,6-7,9-10,12H,5,8,11H2,1H3,(H,18,19). The Labute approximate surface area is 123 Å². The summed E-state index contributed by atoms with van der Waals surface area (Å²) in [6.45, 7) is 2.02. The normalized spacial score (nSPS) is 10.4. The molecule has 0 aliphatic rings. The summed E-state index contributed by atoms with van der Waals surface area (Å²) in [4.78, 5) is 12.0. The minimum absolute atomic E-state index is 0.362. The average molecular weight is 286 g/mol. The molecule has 3 heteroatoms. The summed E-state index contributed by atoms with van der Waals surface area (Å²) in [7, 11) is 0. The van der Waals surface area contributed by atoms with Crippen LogP contribution < -0.4 is 0 Å². The summed E-state index contributed by atoms with van der Waals surface area (Å²) in [5.74, 6) is 0.134. The highest BCUT2D eigenvalue weighted by Crippen LogP contribution is 2.24. The van der Waals surface area contributed by atoms with Crippen molar-refractivity contribution in [3.05, 3.63) is 65.2 Å². The number of aromatic carboxylic acids is 1. The first-order chi connectivity index (χ1) is 9.66. The van der Waals surface area contributed by atoms with E-state index in [-0.39, 0.29) is 0 Å². The molecule has 0 aliphatic carbocycles. The van der Waals surface area contributed by atoms with Crippen LogP contribution in [0.3, 0.4) is 0 Å².